The molecule has 2 saturated heterocycles. The Labute approximate surface area is 132 Å². The van der Waals surface area contributed by atoms with Crippen molar-refractivity contribution in [2.24, 2.45) is 0 Å². The minimum Gasteiger partial charge on any atom is -0.479 e. The van der Waals surface area contributed by atoms with Crippen LogP contribution >= 0.6 is 0 Å². The van der Waals surface area contributed by atoms with Crippen molar-refractivity contribution in [2.75, 3.05) is 0 Å². The number of rotatable bonds is 2. The second kappa shape index (κ2) is 4.73. The highest BCUT2D eigenvalue weighted by Crippen LogP contribution is 2.43. The van der Waals surface area contributed by atoms with Gasteiger partial charge in [-0.1, -0.05) is 0 Å². The van der Waals surface area contributed by atoms with E-state index in [2.05, 4.69) is 9.97 Å². The summed E-state index contributed by atoms with van der Waals surface area (Å²) in [5, 5.41) is 10.3. The topological polar surface area (TPSA) is 95.7 Å². The summed E-state index contributed by atoms with van der Waals surface area (Å²) in [5.74, 6) is -1.91. The molecule has 0 aromatic carbocycles. The molecule has 2 fully saturated rings. The molecule has 1 N–H and O–H groups in total. The van der Waals surface area contributed by atoms with E-state index in [-0.39, 0.29) is 0 Å². The highest BCUT2D eigenvalue weighted by molar-refractivity contribution is 5.78. The fraction of sp³-hybridized carbons (Fsp3) is 0.533. The van der Waals surface area contributed by atoms with Crippen LogP contribution in [-0.2, 0) is 19.0 Å². The van der Waals surface area contributed by atoms with Crippen LogP contribution in [-0.4, -0.2) is 49.7 Å². The standard InChI is InChI=1S/C15H17N3O5/c1-7-8-4-5-18(12(8)17-6-16-7)13-10-9(11(21-13)14(19)20)22-15(2,3)23-10/h4-6,9-11,13H,1-3H3,(H,19,20)/t9-,10+,11-,13+/m0/s1. The Morgan fingerprint density at radius 2 is 2.04 bits per heavy atom. The third-order valence-electron chi connectivity index (χ3n) is 4.26. The second-order valence-electron chi connectivity index (χ2n) is 6.27. The molecule has 0 saturated carbocycles. The molecule has 2 aromatic rings. The largest absolute Gasteiger partial charge is 0.479 e. The minimum absolute atomic E-state index is 0.517. The van der Waals surface area contributed by atoms with E-state index in [4.69, 9.17) is 14.2 Å². The van der Waals surface area contributed by atoms with Crippen molar-refractivity contribution in [1.29, 1.82) is 0 Å². The molecule has 8 heteroatoms. The summed E-state index contributed by atoms with van der Waals surface area (Å²) >= 11 is 0. The van der Waals surface area contributed by atoms with Gasteiger partial charge in [-0.25, -0.2) is 14.8 Å². The monoisotopic (exact) mass is 319 g/mol. The first kappa shape index (κ1) is 14.6. The lowest BCUT2D eigenvalue weighted by atomic mass is 10.1. The summed E-state index contributed by atoms with van der Waals surface area (Å²) in [6.07, 6.45) is 0.421. The molecule has 4 rings (SSSR count). The zero-order valence-corrected chi connectivity index (χ0v) is 13.0. The summed E-state index contributed by atoms with van der Waals surface area (Å²) in [6.45, 7) is 5.42. The van der Waals surface area contributed by atoms with Gasteiger partial charge in [0.15, 0.2) is 18.1 Å². The maximum absolute atomic E-state index is 11.5. The van der Waals surface area contributed by atoms with E-state index in [0.717, 1.165) is 11.1 Å². The number of aliphatic carboxylic acids is 1. The predicted molar refractivity (Wildman–Crippen MR) is 77.6 cm³/mol. The molecule has 2 aromatic heterocycles. The summed E-state index contributed by atoms with van der Waals surface area (Å²) in [7, 11) is 0. The molecule has 2 aliphatic rings. The van der Waals surface area contributed by atoms with Crippen LogP contribution in [0.4, 0.5) is 0 Å². The maximum atomic E-state index is 11.5. The van der Waals surface area contributed by atoms with E-state index in [1.807, 2.05) is 19.2 Å². The average molecular weight is 319 g/mol. The van der Waals surface area contributed by atoms with Gasteiger partial charge in [0, 0.05) is 11.6 Å². The number of carbonyl (C=O) groups is 1. The van der Waals surface area contributed by atoms with Crippen molar-refractivity contribution in [1.82, 2.24) is 14.5 Å². The molecule has 2 aliphatic heterocycles. The van der Waals surface area contributed by atoms with Crippen molar-refractivity contribution < 1.29 is 24.1 Å². The molecule has 0 radical (unpaired) electrons. The van der Waals surface area contributed by atoms with E-state index >= 15 is 0 Å². The van der Waals surface area contributed by atoms with Crippen LogP contribution in [0, 0.1) is 6.92 Å². The molecule has 0 aliphatic carbocycles. The van der Waals surface area contributed by atoms with Crippen molar-refractivity contribution >= 4 is 17.0 Å². The summed E-state index contributed by atoms with van der Waals surface area (Å²) in [5.41, 5.74) is 1.53. The number of aromatic nitrogens is 3. The van der Waals surface area contributed by atoms with Crippen LogP contribution in [0.25, 0.3) is 11.0 Å². The van der Waals surface area contributed by atoms with E-state index in [9.17, 15) is 9.90 Å². The van der Waals surface area contributed by atoms with E-state index < -0.39 is 36.3 Å². The number of aryl methyl sites for hydroxylation is 1. The van der Waals surface area contributed by atoms with Crippen molar-refractivity contribution in [3.05, 3.63) is 24.3 Å². The van der Waals surface area contributed by atoms with Crippen LogP contribution in [0.5, 0.6) is 0 Å². The fourth-order valence-electron chi connectivity index (χ4n) is 3.30. The number of hydrogen-bond donors (Lipinski definition) is 1. The van der Waals surface area contributed by atoms with Crippen LogP contribution in [0.1, 0.15) is 25.8 Å². The number of hydrogen-bond acceptors (Lipinski definition) is 6. The Bertz CT molecular complexity index is 787. The van der Waals surface area contributed by atoms with Crippen LogP contribution < -0.4 is 0 Å². The molecule has 0 bridgehead atoms. The predicted octanol–water partition coefficient (Wildman–Crippen LogP) is 1.24. The number of nitrogens with zero attached hydrogens (tertiary/aromatic N) is 3. The normalized spacial score (nSPS) is 32.3. The summed E-state index contributed by atoms with van der Waals surface area (Å²) < 4.78 is 19.1. The minimum atomic E-state index is -1.08. The number of ether oxygens (including phenoxy) is 3. The van der Waals surface area contributed by atoms with Gasteiger partial charge >= 0.3 is 5.97 Å². The maximum Gasteiger partial charge on any atom is 0.335 e. The zero-order chi connectivity index (χ0) is 16.4. The molecule has 0 spiro atoms. The van der Waals surface area contributed by atoms with Gasteiger partial charge in [-0.2, -0.15) is 0 Å². The molecule has 8 nitrogen and oxygen atoms in total. The lowest BCUT2D eigenvalue weighted by Gasteiger charge is -2.24. The lowest BCUT2D eigenvalue weighted by Crippen LogP contribution is -2.35. The molecule has 0 amide bonds. The average Bonchev–Trinajstić information content (AvgIpc) is 3.09. The Kier molecular flexibility index (Phi) is 2.99. The molecular weight excluding hydrogens is 302 g/mol. The zero-order valence-electron chi connectivity index (χ0n) is 13.0. The van der Waals surface area contributed by atoms with E-state index in [0.29, 0.717) is 5.65 Å². The van der Waals surface area contributed by atoms with Gasteiger partial charge in [0.1, 0.15) is 24.2 Å². The molecule has 122 valence electrons. The molecule has 23 heavy (non-hydrogen) atoms. The third-order valence-corrected chi connectivity index (χ3v) is 4.26. The number of carboxylic acids is 1. The van der Waals surface area contributed by atoms with Crippen LogP contribution in [0.2, 0.25) is 0 Å². The fourth-order valence-corrected chi connectivity index (χ4v) is 3.30. The molecule has 4 atom stereocenters. The van der Waals surface area contributed by atoms with Crippen molar-refractivity contribution in [3.8, 4) is 0 Å². The van der Waals surface area contributed by atoms with Gasteiger partial charge in [-0.15, -0.1) is 0 Å². The van der Waals surface area contributed by atoms with Gasteiger partial charge in [-0.3, -0.25) is 0 Å². The highest BCUT2D eigenvalue weighted by Gasteiger charge is 2.58. The van der Waals surface area contributed by atoms with Gasteiger partial charge in [-0.05, 0) is 26.8 Å². The number of carboxylic acid groups (broad SMARTS) is 1. The third kappa shape index (κ3) is 2.13. The SMILES string of the molecule is Cc1ncnc2c1ccn2[C@@H]1O[C@H](C(=O)O)[C@H]2OC(C)(C)O[C@H]21. The van der Waals surface area contributed by atoms with Gasteiger partial charge < -0.3 is 23.9 Å². The van der Waals surface area contributed by atoms with Crippen LogP contribution in [0.15, 0.2) is 18.6 Å². The van der Waals surface area contributed by atoms with Crippen molar-refractivity contribution in [3.63, 3.8) is 0 Å². The molecule has 4 heterocycles. The molecular formula is C15H17N3O5. The Morgan fingerprint density at radius 3 is 2.78 bits per heavy atom. The van der Waals surface area contributed by atoms with E-state index in [1.54, 1.807) is 18.4 Å². The first-order chi connectivity index (χ1) is 10.9. The smallest absolute Gasteiger partial charge is 0.335 e. The van der Waals surface area contributed by atoms with E-state index in [1.165, 1.54) is 6.33 Å². The van der Waals surface area contributed by atoms with Crippen molar-refractivity contribution in [2.45, 2.75) is 51.1 Å². The summed E-state index contributed by atoms with van der Waals surface area (Å²) in [6, 6.07) is 1.89. The Morgan fingerprint density at radius 1 is 1.30 bits per heavy atom. The number of fused-ring (bicyclic) bond motifs is 2. The lowest BCUT2D eigenvalue weighted by molar-refractivity contribution is -0.202. The first-order valence-electron chi connectivity index (χ1n) is 7.39. The van der Waals surface area contributed by atoms with Crippen LogP contribution in [0.3, 0.4) is 0 Å². The van der Waals surface area contributed by atoms with Gasteiger partial charge in [0.05, 0.1) is 5.69 Å². The van der Waals surface area contributed by atoms with Gasteiger partial charge in [0.2, 0.25) is 0 Å². The Balaban J connectivity index is 1.78. The quantitative estimate of drug-likeness (QED) is 0.889. The Hall–Kier alpha value is -2.03. The first-order valence-corrected chi connectivity index (χ1v) is 7.39. The van der Waals surface area contributed by atoms with Gasteiger partial charge in [0.25, 0.3) is 0 Å². The second-order valence-corrected chi connectivity index (χ2v) is 6.27. The molecule has 0 unspecified atom stereocenters. The summed E-state index contributed by atoms with van der Waals surface area (Å²) in [4.78, 5) is 20.0. The highest BCUT2D eigenvalue weighted by atomic mass is 16.8.